The highest BCUT2D eigenvalue weighted by Crippen LogP contribution is 2.36. The number of aromatic nitrogens is 3. The molecule has 2 heterocycles. The summed E-state index contributed by atoms with van der Waals surface area (Å²) in [5.74, 6) is 1.91. The Hall–Kier alpha value is -3.07. The number of carbonyl (C=O) groups excluding carboxylic acids is 2. The molecule has 0 radical (unpaired) electrons. The largest absolute Gasteiger partial charge is 0.467 e. The number of nitrogens with two attached hydrogens (primary N) is 1. The summed E-state index contributed by atoms with van der Waals surface area (Å²) in [4.78, 5) is 26.6. The molecule has 1 fully saturated rings. The Labute approximate surface area is 197 Å². The van der Waals surface area contributed by atoms with Crippen LogP contribution in [0.25, 0.3) is 0 Å². The van der Waals surface area contributed by atoms with Gasteiger partial charge >= 0.3 is 0 Å². The summed E-state index contributed by atoms with van der Waals surface area (Å²) in [5.41, 5.74) is 6.44. The third-order valence-electron chi connectivity index (χ3n) is 5.92. The van der Waals surface area contributed by atoms with Crippen LogP contribution in [0.3, 0.4) is 0 Å². The molecule has 0 spiro atoms. The van der Waals surface area contributed by atoms with E-state index >= 15 is 0 Å². The Bertz CT molecular complexity index is 1060. The molecule has 1 atom stereocenters. The van der Waals surface area contributed by atoms with E-state index in [1.165, 1.54) is 24.6 Å². The summed E-state index contributed by atoms with van der Waals surface area (Å²) in [5, 5.41) is 9.17. The summed E-state index contributed by atoms with van der Waals surface area (Å²) in [6.07, 6.45) is 4.53. The van der Waals surface area contributed by atoms with Gasteiger partial charge in [-0.1, -0.05) is 42.1 Å². The molecule has 8 nitrogen and oxygen atoms in total. The maximum absolute atomic E-state index is 13.3. The average Bonchev–Trinajstić information content (AvgIpc) is 3.41. The first-order valence-electron chi connectivity index (χ1n) is 11.2. The first kappa shape index (κ1) is 23.1. The normalized spacial score (nSPS) is 14.2. The maximum atomic E-state index is 13.3. The van der Waals surface area contributed by atoms with E-state index in [-0.39, 0.29) is 24.1 Å². The molecule has 1 aliphatic rings. The Kier molecular flexibility index (Phi) is 7.49. The number of hydrogen-bond acceptors (Lipinski definition) is 6. The zero-order valence-electron chi connectivity index (χ0n) is 18.7. The lowest BCUT2D eigenvalue weighted by molar-refractivity contribution is -0.131. The van der Waals surface area contributed by atoms with E-state index in [9.17, 15) is 9.59 Å². The number of primary amides is 1. The van der Waals surface area contributed by atoms with Gasteiger partial charge in [0.1, 0.15) is 11.6 Å². The molecule has 2 amide bonds. The Morgan fingerprint density at radius 1 is 1.21 bits per heavy atom. The topological polar surface area (TPSA) is 107 Å². The molecule has 3 aromatic rings. The van der Waals surface area contributed by atoms with Gasteiger partial charge in [-0.25, -0.2) is 0 Å². The first-order chi connectivity index (χ1) is 16.0. The van der Waals surface area contributed by atoms with Crippen molar-refractivity contribution in [1.29, 1.82) is 0 Å². The quantitative estimate of drug-likeness (QED) is 0.410. The van der Waals surface area contributed by atoms with Crippen molar-refractivity contribution in [3.8, 4) is 0 Å². The molecular weight excluding hydrogens is 438 g/mol. The van der Waals surface area contributed by atoms with Crippen molar-refractivity contribution in [2.24, 2.45) is 11.7 Å². The van der Waals surface area contributed by atoms with Crippen molar-refractivity contribution in [1.82, 2.24) is 19.7 Å². The van der Waals surface area contributed by atoms with E-state index in [0.717, 1.165) is 11.3 Å². The molecule has 9 heteroatoms. The van der Waals surface area contributed by atoms with Gasteiger partial charge in [0, 0.05) is 25.4 Å². The monoisotopic (exact) mass is 467 g/mol. The van der Waals surface area contributed by atoms with Crippen molar-refractivity contribution in [2.75, 3.05) is 5.75 Å². The van der Waals surface area contributed by atoms with E-state index in [0.29, 0.717) is 36.4 Å². The molecule has 0 aliphatic heterocycles. The Morgan fingerprint density at radius 2 is 2.00 bits per heavy atom. The van der Waals surface area contributed by atoms with Crippen LogP contribution in [0, 0.1) is 5.92 Å². The molecule has 1 aliphatic carbocycles. The molecule has 4 rings (SSSR count). The van der Waals surface area contributed by atoms with Crippen molar-refractivity contribution < 1.29 is 14.0 Å². The molecular formula is C24H29N5O3S. The van der Waals surface area contributed by atoms with Gasteiger partial charge in [-0.3, -0.25) is 14.2 Å². The lowest BCUT2D eigenvalue weighted by atomic mass is 10.1. The zero-order chi connectivity index (χ0) is 23.2. The number of amides is 2. The average molecular weight is 468 g/mol. The van der Waals surface area contributed by atoms with Crippen molar-refractivity contribution in [2.45, 2.75) is 56.9 Å². The van der Waals surface area contributed by atoms with Gasteiger partial charge in [-0.15, -0.1) is 10.2 Å². The van der Waals surface area contributed by atoms with E-state index < -0.39 is 5.91 Å². The standard InChI is InChI=1S/C24H29N5O3S/c1-17(19-9-10-19)28(14-18-6-3-2-4-7-18)23(31)16-33-24-27-26-22(12-11-21(25)30)29(24)15-20-8-5-13-32-20/h2-8,13,17,19H,9-12,14-16H2,1H3,(H2,25,30). The number of thioether (sulfide) groups is 1. The molecule has 0 saturated heterocycles. The van der Waals surface area contributed by atoms with E-state index in [1.807, 2.05) is 39.8 Å². The lowest BCUT2D eigenvalue weighted by Crippen LogP contribution is -2.40. The molecule has 33 heavy (non-hydrogen) atoms. The van der Waals surface area contributed by atoms with Gasteiger partial charge in [0.05, 0.1) is 18.6 Å². The van der Waals surface area contributed by atoms with Crippen LogP contribution in [0.1, 0.15) is 43.3 Å². The number of benzene rings is 1. The van der Waals surface area contributed by atoms with Crippen LogP contribution in [0.4, 0.5) is 0 Å². The Morgan fingerprint density at radius 3 is 2.67 bits per heavy atom. The first-order valence-corrected chi connectivity index (χ1v) is 12.2. The summed E-state index contributed by atoms with van der Waals surface area (Å²) in [7, 11) is 0. The number of hydrogen-bond donors (Lipinski definition) is 1. The fourth-order valence-corrected chi connectivity index (χ4v) is 4.69. The van der Waals surface area contributed by atoms with Crippen LogP contribution in [0.5, 0.6) is 0 Å². The molecule has 0 bridgehead atoms. The number of furan rings is 1. The second-order valence-corrected chi connectivity index (χ2v) is 9.35. The van der Waals surface area contributed by atoms with Gasteiger partial charge in [0.15, 0.2) is 5.16 Å². The minimum absolute atomic E-state index is 0.0782. The minimum atomic E-state index is -0.391. The van der Waals surface area contributed by atoms with Crippen LogP contribution in [0.15, 0.2) is 58.3 Å². The highest BCUT2D eigenvalue weighted by Gasteiger charge is 2.34. The summed E-state index contributed by atoms with van der Waals surface area (Å²) in [6, 6.07) is 14.0. The summed E-state index contributed by atoms with van der Waals surface area (Å²) >= 11 is 1.36. The number of rotatable bonds is 12. The fourth-order valence-electron chi connectivity index (χ4n) is 3.84. The van der Waals surface area contributed by atoms with Crippen molar-refractivity contribution in [3.05, 3.63) is 65.9 Å². The number of nitrogens with zero attached hydrogens (tertiary/aromatic N) is 4. The van der Waals surface area contributed by atoms with Gasteiger partial charge in [-0.05, 0) is 43.4 Å². The van der Waals surface area contributed by atoms with Crippen LogP contribution in [-0.4, -0.2) is 43.3 Å². The van der Waals surface area contributed by atoms with Crippen LogP contribution >= 0.6 is 11.8 Å². The predicted octanol–water partition coefficient (Wildman–Crippen LogP) is 3.26. The Balaban J connectivity index is 1.47. The van der Waals surface area contributed by atoms with E-state index in [4.69, 9.17) is 10.2 Å². The van der Waals surface area contributed by atoms with Crippen molar-refractivity contribution >= 4 is 23.6 Å². The molecule has 2 N–H and O–H groups in total. The molecule has 174 valence electrons. The minimum Gasteiger partial charge on any atom is -0.467 e. The van der Waals surface area contributed by atoms with Gasteiger partial charge in [0.25, 0.3) is 0 Å². The lowest BCUT2D eigenvalue weighted by Gasteiger charge is -2.29. The SMILES string of the molecule is CC(C1CC1)N(Cc1ccccc1)C(=O)CSc1nnc(CCC(N)=O)n1Cc1ccco1. The van der Waals surface area contributed by atoms with Crippen LogP contribution in [0.2, 0.25) is 0 Å². The molecule has 1 unspecified atom stereocenters. The smallest absolute Gasteiger partial charge is 0.233 e. The van der Waals surface area contributed by atoms with E-state index in [2.05, 4.69) is 29.3 Å². The van der Waals surface area contributed by atoms with Gasteiger partial charge in [0.2, 0.25) is 11.8 Å². The van der Waals surface area contributed by atoms with Crippen LogP contribution in [-0.2, 0) is 29.1 Å². The molecule has 1 aromatic carbocycles. The second-order valence-electron chi connectivity index (χ2n) is 8.40. The molecule has 2 aromatic heterocycles. The van der Waals surface area contributed by atoms with Crippen molar-refractivity contribution in [3.63, 3.8) is 0 Å². The molecule has 1 saturated carbocycles. The second kappa shape index (κ2) is 10.7. The summed E-state index contributed by atoms with van der Waals surface area (Å²) in [6.45, 7) is 3.17. The summed E-state index contributed by atoms with van der Waals surface area (Å²) < 4.78 is 7.38. The van der Waals surface area contributed by atoms with Gasteiger partial charge < -0.3 is 15.1 Å². The highest BCUT2D eigenvalue weighted by atomic mass is 32.2. The number of aryl methyl sites for hydroxylation is 1. The predicted molar refractivity (Wildman–Crippen MR) is 125 cm³/mol. The van der Waals surface area contributed by atoms with E-state index in [1.54, 1.807) is 6.26 Å². The third kappa shape index (κ3) is 6.25. The number of carbonyl (C=O) groups is 2. The highest BCUT2D eigenvalue weighted by molar-refractivity contribution is 7.99. The third-order valence-corrected chi connectivity index (χ3v) is 6.87. The maximum Gasteiger partial charge on any atom is 0.233 e. The van der Waals surface area contributed by atoms with Gasteiger partial charge in [-0.2, -0.15) is 0 Å². The fraction of sp³-hybridized carbons (Fsp3) is 0.417. The van der Waals surface area contributed by atoms with Crippen LogP contribution < -0.4 is 5.73 Å². The zero-order valence-corrected chi connectivity index (χ0v) is 19.5.